The first kappa shape index (κ1) is 16.5. The van der Waals surface area contributed by atoms with Crippen LogP contribution in [0.2, 0.25) is 0 Å². The average Bonchev–Trinajstić information content (AvgIpc) is 3.10. The molecule has 1 aliphatic rings. The Morgan fingerprint density at radius 3 is 3.17 bits per heavy atom. The maximum Gasteiger partial charge on any atom is 0.223 e. The number of amides is 1. The van der Waals surface area contributed by atoms with Crippen LogP contribution < -0.4 is 15.4 Å². The smallest absolute Gasteiger partial charge is 0.223 e. The summed E-state index contributed by atoms with van der Waals surface area (Å²) in [6, 6.07) is 9.38. The Morgan fingerprint density at radius 1 is 1.46 bits per heavy atom. The van der Waals surface area contributed by atoms with Crippen molar-refractivity contribution in [2.45, 2.75) is 19.1 Å². The van der Waals surface area contributed by atoms with E-state index < -0.39 is 0 Å². The summed E-state index contributed by atoms with van der Waals surface area (Å²) in [4.78, 5) is 11.9. The molecule has 3 rings (SSSR count). The minimum Gasteiger partial charge on any atom is -0.497 e. The van der Waals surface area contributed by atoms with Crippen LogP contribution in [0.3, 0.4) is 0 Å². The van der Waals surface area contributed by atoms with Gasteiger partial charge in [0.25, 0.3) is 0 Å². The number of nitrogens with zero attached hydrogens (tertiary/aromatic N) is 1. The van der Waals surface area contributed by atoms with Gasteiger partial charge in [0.2, 0.25) is 5.91 Å². The van der Waals surface area contributed by atoms with Crippen LogP contribution >= 0.6 is 0 Å². The van der Waals surface area contributed by atoms with Gasteiger partial charge in [-0.25, -0.2) is 0 Å². The van der Waals surface area contributed by atoms with Gasteiger partial charge in [-0.15, -0.1) is 0 Å². The summed E-state index contributed by atoms with van der Waals surface area (Å²) >= 11 is 0. The molecule has 7 heteroatoms. The highest BCUT2D eigenvalue weighted by molar-refractivity contribution is 5.76. The number of methoxy groups -OCH3 is 1. The summed E-state index contributed by atoms with van der Waals surface area (Å²) < 4.78 is 16.0. The number of nitrogens with one attached hydrogen (secondary N) is 2. The second-order valence-corrected chi connectivity index (χ2v) is 5.59. The van der Waals surface area contributed by atoms with Crippen LogP contribution in [0, 0.1) is 0 Å². The maximum atomic E-state index is 11.9. The van der Waals surface area contributed by atoms with Gasteiger partial charge in [0.15, 0.2) is 5.76 Å². The first-order valence-electron chi connectivity index (χ1n) is 7.93. The van der Waals surface area contributed by atoms with Gasteiger partial charge in [0.1, 0.15) is 11.4 Å². The molecule has 1 fully saturated rings. The second-order valence-electron chi connectivity index (χ2n) is 5.59. The third-order valence-electron chi connectivity index (χ3n) is 3.80. The Hall–Kier alpha value is -2.38. The Bertz CT molecular complexity index is 680. The summed E-state index contributed by atoms with van der Waals surface area (Å²) in [5, 5.41) is 10.1. The molecule has 1 aromatic carbocycles. The van der Waals surface area contributed by atoms with Gasteiger partial charge in [0.05, 0.1) is 32.8 Å². The minimum atomic E-state index is -0.0687. The van der Waals surface area contributed by atoms with Crippen LogP contribution in [-0.4, -0.2) is 44.0 Å². The zero-order valence-electron chi connectivity index (χ0n) is 13.6. The summed E-state index contributed by atoms with van der Waals surface area (Å²) in [7, 11) is 1.62. The van der Waals surface area contributed by atoms with Crippen LogP contribution in [0.15, 0.2) is 34.9 Å². The summed E-state index contributed by atoms with van der Waals surface area (Å²) in [6.07, 6.45) is 0.268. The number of aromatic nitrogens is 1. The number of hydrogen-bond acceptors (Lipinski definition) is 6. The molecular formula is C17H21N3O4. The summed E-state index contributed by atoms with van der Waals surface area (Å²) in [5.41, 5.74) is 1.61. The molecule has 7 nitrogen and oxygen atoms in total. The van der Waals surface area contributed by atoms with Crippen LogP contribution in [0.1, 0.15) is 12.2 Å². The van der Waals surface area contributed by atoms with Gasteiger partial charge in [-0.3, -0.25) is 4.79 Å². The maximum absolute atomic E-state index is 11.9. The van der Waals surface area contributed by atoms with Crippen molar-refractivity contribution >= 4 is 5.91 Å². The predicted molar refractivity (Wildman–Crippen MR) is 87.6 cm³/mol. The Morgan fingerprint density at radius 2 is 2.38 bits per heavy atom. The highest BCUT2D eigenvalue weighted by Crippen LogP contribution is 2.23. The van der Waals surface area contributed by atoms with Crippen molar-refractivity contribution < 1.29 is 18.8 Å². The van der Waals surface area contributed by atoms with E-state index in [1.807, 2.05) is 30.3 Å². The Kier molecular flexibility index (Phi) is 5.45. The van der Waals surface area contributed by atoms with Crippen molar-refractivity contribution in [3.05, 3.63) is 36.1 Å². The highest BCUT2D eigenvalue weighted by atomic mass is 16.5. The van der Waals surface area contributed by atoms with E-state index in [9.17, 15) is 4.79 Å². The molecule has 0 radical (unpaired) electrons. The van der Waals surface area contributed by atoms with E-state index in [0.29, 0.717) is 37.6 Å². The summed E-state index contributed by atoms with van der Waals surface area (Å²) in [6.45, 7) is 2.48. The van der Waals surface area contributed by atoms with Crippen LogP contribution in [-0.2, 0) is 16.1 Å². The molecule has 0 bridgehead atoms. The lowest BCUT2D eigenvalue weighted by molar-refractivity contribution is -0.124. The number of hydrogen-bond donors (Lipinski definition) is 2. The van der Waals surface area contributed by atoms with Crippen molar-refractivity contribution in [2.75, 3.05) is 26.8 Å². The monoisotopic (exact) mass is 331 g/mol. The van der Waals surface area contributed by atoms with E-state index in [1.165, 1.54) is 0 Å². The zero-order chi connectivity index (χ0) is 16.8. The number of carbonyl (C=O) groups excluding carboxylic acids is 1. The van der Waals surface area contributed by atoms with Crippen molar-refractivity contribution in [1.29, 1.82) is 0 Å². The minimum absolute atomic E-state index is 0.0666. The van der Waals surface area contributed by atoms with Crippen LogP contribution in [0.5, 0.6) is 5.75 Å². The second kappa shape index (κ2) is 7.94. The number of morpholine rings is 1. The van der Waals surface area contributed by atoms with Crippen molar-refractivity contribution in [3.63, 3.8) is 0 Å². The molecule has 128 valence electrons. The topological polar surface area (TPSA) is 85.6 Å². The van der Waals surface area contributed by atoms with Crippen molar-refractivity contribution in [1.82, 2.24) is 15.8 Å². The molecule has 0 aliphatic carbocycles. The van der Waals surface area contributed by atoms with Gasteiger partial charge in [0, 0.05) is 24.7 Å². The van der Waals surface area contributed by atoms with E-state index in [1.54, 1.807) is 7.11 Å². The first-order valence-corrected chi connectivity index (χ1v) is 7.93. The molecule has 1 aromatic heterocycles. The molecule has 0 spiro atoms. The van der Waals surface area contributed by atoms with Crippen LogP contribution in [0.4, 0.5) is 0 Å². The van der Waals surface area contributed by atoms with Gasteiger partial charge >= 0.3 is 0 Å². The highest BCUT2D eigenvalue weighted by Gasteiger charge is 2.17. The van der Waals surface area contributed by atoms with E-state index in [4.69, 9.17) is 14.0 Å². The molecular weight excluding hydrogens is 310 g/mol. The molecule has 2 heterocycles. The summed E-state index contributed by atoms with van der Waals surface area (Å²) in [5.74, 6) is 1.29. The SMILES string of the molecule is COc1cccc(-c2cc(CNC(=O)C[C@H]3CNCCO3)on2)c1. The fourth-order valence-electron chi connectivity index (χ4n) is 2.53. The van der Waals surface area contributed by atoms with E-state index in [2.05, 4.69) is 15.8 Å². The van der Waals surface area contributed by atoms with Crippen molar-refractivity contribution in [3.8, 4) is 17.0 Å². The fourth-order valence-corrected chi connectivity index (χ4v) is 2.53. The molecule has 2 aromatic rings. The van der Waals surface area contributed by atoms with Gasteiger partial charge < -0.3 is 24.6 Å². The molecule has 1 saturated heterocycles. The standard InChI is InChI=1S/C17H21N3O4/c1-22-13-4-2-3-12(7-13)16-8-15(24-20-16)11-19-17(21)9-14-10-18-5-6-23-14/h2-4,7-8,14,18H,5-6,9-11H2,1H3,(H,19,21)/t14-/m0/s1. The molecule has 0 saturated carbocycles. The predicted octanol–water partition coefficient (Wildman–Crippen LogP) is 1.34. The number of ether oxygens (including phenoxy) is 2. The lowest BCUT2D eigenvalue weighted by atomic mass is 10.1. The lowest BCUT2D eigenvalue weighted by Crippen LogP contribution is -2.41. The van der Waals surface area contributed by atoms with E-state index in [-0.39, 0.29) is 12.0 Å². The third kappa shape index (κ3) is 4.33. The molecule has 24 heavy (non-hydrogen) atoms. The lowest BCUT2D eigenvalue weighted by Gasteiger charge is -2.22. The quantitative estimate of drug-likeness (QED) is 0.831. The Labute approximate surface area is 140 Å². The largest absolute Gasteiger partial charge is 0.497 e. The molecule has 1 amide bonds. The van der Waals surface area contributed by atoms with Gasteiger partial charge in [-0.1, -0.05) is 17.3 Å². The van der Waals surface area contributed by atoms with Gasteiger partial charge in [-0.2, -0.15) is 0 Å². The van der Waals surface area contributed by atoms with Crippen molar-refractivity contribution in [2.24, 2.45) is 0 Å². The zero-order valence-corrected chi connectivity index (χ0v) is 13.6. The third-order valence-corrected chi connectivity index (χ3v) is 3.80. The molecule has 0 unspecified atom stereocenters. The average molecular weight is 331 g/mol. The molecule has 2 N–H and O–H groups in total. The molecule has 1 aliphatic heterocycles. The van der Waals surface area contributed by atoms with E-state index in [0.717, 1.165) is 17.9 Å². The number of carbonyl (C=O) groups is 1. The van der Waals surface area contributed by atoms with E-state index >= 15 is 0 Å². The Balaban J connectivity index is 1.53. The van der Waals surface area contributed by atoms with Gasteiger partial charge in [-0.05, 0) is 12.1 Å². The normalized spacial score (nSPS) is 17.5. The fraction of sp³-hybridized carbons (Fsp3) is 0.412. The van der Waals surface area contributed by atoms with Crippen LogP contribution in [0.25, 0.3) is 11.3 Å². The first-order chi connectivity index (χ1) is 11.7. The molecule has 1 atom stereocenters. The number of rotatable bonds is 6. The number of benzene rings is 1.